The number of hydrogen-bond donors (Lipinski definition) is 2. The van der Waals surface area contributed by atoms with Crippen molar-refractivity contribution in [3.63, 3.8) is 0 Å². The summed E-state index contributed by atoms with van der Waals surface area (Å²) < 4.78 is 50.2. The van der Waals surface area contributed by atoms with Gasteiger partial charge in [0.15, 0.2) is 0 Å². The fourth-order valence-electron chi connectivity index (χ4n) is 2.20. The molecule has 2 aromatic rings. The van der Waals surface area contributed by atoms with E-state index in [1.165, 1.54) is 31.6 Å². The number of rotatable bonds is 8. The summed E-state index contributed by atoms with van der Waals surface area (Å²) in [6, 6.07) is 4.45. The largest absolute Gasteiger partial charge is 0.472 e. The van der Waals surface area contributed by atoms with Crippen molar-refractivity contribution in [3.8, 4) is 0 Å². The van der Waals surface area contributed by atoms with E-state index >= 15 is 0 Å². The Morgan fingerprint density at radius 2 is 2.04 bits per heavy atom. The molecule has 0 bridgehead atoms. The third kappa shape index (κ3) is 5.71. The number of ether oxygens (including phenoxy) is 1. The number of anilines is 2. The Balaban J connectivity index is 2.17. The summed E-state index contributed by atoms with van der Waals surface area (Å²) in [7, 11) is 0. The predicted octanol–water partition coefficient (Wildman–Crippen LogP) is 4.47. The SMILES string of the molecule is C=CCCOC(C)C(=O)Nc1ccc(NC(=O)c2ccoc2)cc1C(F)(F)F. The first-order valence-corrected chi connectivity index (χ1v) is 8.30. The molecule has 1 aromatic heterocycles. The van der Waals surface area contributed by atoms with Crippen molar-refractivity contribution >= 4 is 23.2 Å². The van der Waals surface area contributed by atoms with Crippen LogP contribution in [0, 0.1) is 0 Å². The Morgan fingerprint density at radius 3 is 2.64 bits per heavy atom. The first-order chi connectivity index (χ1) is 13.2. The van der Waals surface area contributed by atoms with E-state index in [2.05, 4.69) is 17.2 Å². The second-order valence-electron chi connectivity index (χ2n) is 5.80. The Bertz CT molecular complexity index is 832. The maximum absolute atomic E-state index is 13.4. The molecule has 0 saturated carbocycles. The normalized spacial score (nSPS) is 12.3. The lowest BCUT2D eigenvalue weighted by atomic mass is 10.1. The van der Waals surface area contributed by atoms with E-state index in [1.807, 2.05) is 0 Å². The Labute approximate surface area is 159 Å². The minimum atomic E-state index is -4.74. The topological polar surface area (TPSA) is 80.6 Å². The molecule has 6 nitrogen and oxygen atoms in total. The van der Waals surface area contributed by atoms with Crippen LogP contribution in [-0.2, 0) is 15.7 Å². The molecule has 0 aliphatic heterocycles. The quantitative estimate of drug-likeness (QED) is 0.510. The van der Waals surface area contributed by atoms with E-state index in [-0.39, 0.29) is 17.9 Å². The number of carbonyl (C=O) groups excluding carboxylic acids is 2. The van der Waals surface area contributed by atoms with Gasteiger partial charge in [0.25, 0.3) is 11.8 Å². The van der Waals surface area contributed by atoms with Crippen LogP contribution in [0.5, 0.6) is 0 Å². The molecule has 0 aliphatic rings. The molecule has 2 amide bonds. The smallest absolute Gasteiger partial charge is 0.418 e. The maximum Gasteiger partial charge on any atom is 0.418 e. The molecule has 28 heavy (non-hydrogen) atoms. The zero-order chi connectivity index (χ0) is 20.7. The van der Waals surface area contributed by atoms with Gasteiger partial charge in [-0.05, 0) is 37.6 Å². The zero-order valence-corrected chi connectivity index (χ0v) is 15.0. The Morgan fingerprint density at radius 1 is 1.29 bits per heavy atom. The monoisotopic (exact) mass is 396 g/mol. The first-order valence-electron chi connectivity index (χ1n) is 8.30. The molecule has 0 fully saturated rings. The van der Waals surface area contributed by atoms with Crippen molar-refractivity contribution in [1.82, 2.24) is 0 Å². The van der Waals surface area contributed by atoms with E-state index < -0.39 is 35.3 Å². The standard InChI is InChI=1S/C19H19F3N2O4/c1-3-4-8-28-12(2)17(25)24-16-6-5-14(10-15(16)19(20,21)22)23-18(26)13-7-9-27-11-13/h3,5-7,9-12H,1,4,8H2,2H3,(H,23,26)(H,24,25). The molecule has 9 heteroatoms. The summed E-state index contributed by atoms with van der Waals surface area (Å²) in [6.45, 7) is 5.17. The van der Waals surface area contributed by atoms with E-state index in [4.69, 9.17) is 9.15 Å². The number of furan rings is 1. The van der Waals surface area contributed by atoms with Crippen LogP contribution in [0.3, 0.4) is 0 Å². The minimum absolute atomic E-state index is 0.0770. The van der Waals surface area contributed by atoms with Crippen LogP contribution >= 0.6 is 0 Å². The van der Waals surface area contributed by atoms with Crippen LogP contribution in [0.15, 0.2) is 53.9 Å². The summed E-state index contributed by atoms with van der Waals surface area (Å²) in [5.74, 6) is -1.34. The average Bonchev–Trinajstić information content (AvgIpc) is 3.17. The number of benzene rings is 1. The number of hydrogen-bond acceptors (Lipinski definition) is 4. The van der Waals surface area contributed by atoms with Crippen molar-refractivity contribution in [1.29, 1.82) is 0 Å². The zero-order valence-electron chi connectivity index (χ0n) is 15.0. The molecule has 1 atom stereocenters. The highest BCUT2D eigenvalue weighted by molar-refractivity contribution is 6.04. The van der Waals surface area contributed by atoms with Crippen LogP contribution in [0.25, 0.3) is 0 Å². The van der Waals surface area contributed by atoms with Gasteiger partial charge >= 0.3 is 6.18 Å². The molecule has 1 unspecified atom stereocenters. The minimum Gasteiger partial charge on any atom is -0.472 e. The molecule has 0 aliphatic carbocycles. The highest BCUT2D eigenvalue weighted by Gasteiger charge is 2.34. The fraction of sp³-hybridized carbons (Fsp3) is 0.263. The highest BCUT2D eigenvalue weighted by atomic mass is 19.4. The molecular weight excluding hydrogens is 377 g/mol. The van der Waals surface area contributed by atoms with Gasteiger partial charge in [-0.1, -0.05) is 6.08 Å². The first kappa shape index (κ1) is 21.2. The highest BCUT2D eigenvalue weighted by Crippen LogP contribution is 2.36. The van der Waals surface area contributed by atoms with Gasteiger partial charge in [-0.25, -0.2) is 0 Å². The van der Waals surface area contributed by atoms with E-state index in [0.717, 1.165) is 12.1 Å². The lowest BCUT2D eigenvalue weighted by Gasteiger charge is -2.18. The summed E-state index contributed by atoms with van der Waals surface area (Å²) in [5, 5.41) is 4.56. The molecule has 0 radical (unpaired) electrons. The molecule has 150 valence electrons. The van der Waals surface area contributed by atoms with Crippen molar-refractivity contribution in [2.24, 2.45) is 0 Å². The number of alkyl halides is 3. The number of nitrogens with one attached hydrogen (secondary N) is 2. The fourth-order valence-corrected chi connectivity index (χ4v) is 2.20. The summed E-state index contributed by atoms with van der Waals surface area (Å²) >= 11 is 0. The van der Waals surface area contributed by atoms with Crippen LogP contribution < -0.4 is 10.6 Å². The number of halogens is 3. The van der Waals surface area contributed by atoms with Crippen LogP contribution in [0.1, 0.15) is 29.3 Å². The molecule has 0 saturated heterocycles. The predicted molar refractivity (Wildman–Crippen MR) is 97.0 cm³/mol. The third-order valence-electron chi connectivity index (χ3n) is 3.68. The summed E-state index contributed by atoms with van der Waals surface area (Å²) in [6.07, 6.45) is -1.14. The number of carbonyl (C=O) groups is 2. The van der Waals surface area contributed by atoms with Crippen LogP contribution in [0.2, 0.25) is 0 Å². The van der Waals surface area contributed by atoms with Gasteiger partial charge in [-0.3, -0.25) is 9.59 Å². The second-order valence-corrected chi connectivity index (χ2v) is 5.80. The Hall–Kier alpha value is -3.07. The molecular formula is C19H19F3N2O4. The van der Waals surface area contributed by atoms with Crippen molar-refractivity contribution < 1.29 is 31.9 Å². The van der Waals surface area contributed by atoms with Gasteiger partial charge < -0.3 is 19.8 Å². The van der Waals surface area contributed by atoms with Crippen molar-refractivity contribution in [2.75, 3.05) is 17.2 Å². The van der Waals surface area contributed by atoms with E-state index in [0.29, 0.717) is 6.42 Å². The van der Waals surface area contributed by atoms with Crippen molar-refractivity contribution in [2.45, 2.75) is 25.6 Å². The third-order valence-corrected chi connectivity index (χ3v) is 3.68. The van der Waals surface area contributed by atoms with Gasteiger partial charge in [-0.15, -0.1) is 6.58 Å². The van der Waals surface area contributed by atoms with Gasteiger partial charge in [0.05, 0.1) is 29.7 Å². The molecule has 2 rings (SSSR count). The molecule has 1 heterocycles. The van der Waals surface area contributed by atoms with E-state index in [9.17, 15) is 22.8 Å². The lowest BCUT2D eigenvalue weighted by Crippen LogP contribution is -2.29. The van der Waals surface area contributed by atoms with Crippen LogP contribution in [0.4, 0.5) is 24.5 Å². The second kappa shape index (κ2) is 9.23. The van der Waals surface area contributed by atoms with E-state index in [1.54, 1.807) is 6.08 Å². The van der Waals surface area contributed by atoms with Crippen molar-refractivity contribution in [3.05, 3.63) is 60.6 Å². The van der Waals surface area contributed by atoms with Gasteiger partial charge in [0.1, 0.15) is 12.4 Å². The average molecular weight is 396 g/mol. The summed E-state index contributed by atoms with van der Waals surface area (Å²) in [4.78, 5) is 24.1. The van der Waals surface area contributed by atoms with Gasteiger partial charge in [0.2, 0.25) is 0 Å². The maximum atomic E-state index is 13.4. The molecule has 2 N–H and O–H groups in total. The Kier molecular flexibility index (Phi) is 7.00. The summed E-state index contributed by atoms with van der Waals surface area (Å²) in [5.41, 5.74) is -1.44. The lowest BCUT2D eigenvalue weighted by molar-refractivity contribution is -0.137. The molecule has 1 aromatic carbocycles. The van der Waals surface area contributed by atoms with Gasteiger partial charge in [0, 0.05) is 5.69 Å². The van der Waals surface area contributed by atoms with Gasteiger partial charge in [-0.2, -0.15) is 13.2 Å². The molecule has 0 spiro atoms. The number of amides is 2. The van der Waals surface area contributed by atoms with Crippen LogP contribution in [-0.4, -0.2) is 24.5 Å².